The Morgan fingerprint density at radius 3 is 2.65 bits per heavy atom. The molecule has 0 saturated heterocycles. The molecule has 1 aliphatic heterocycles. The van der Waals surface area contributed by atoms with Crippen LogP contribution in [0.3, 0.4) is 0 Å². The van der Waals surface area contributed by atoms with Crippen LogP contribution in [0.15, 0.2) is 65.4 Å². The van der Waals surface area contributed by atoms with Gasteiger partial charge in [-0.1, -0.05) is 23.8 Å². The summed E-state index contributed by atoms with van der Waals surface area (Å²) >= 11 is 0. The first-order chi connectivity index (χ1) is 17.7. The van der Waals surface area contributed by atoms with E-state index in [-0.39, 0.29) is 18.5 Å². The zero-order valence-corrected chi connectivity index (χ0v) is 21.5. The van der Waals surface area contributed by atoms with Crippen molar-refractivity contribution >= 4 is 40.9 Å². The van der Waals surface area contributed by atoms with Crippen molar-refractivity contribution in [2.45, 2.75) is 27.3 Å². The lowest BCUT2D eigenvalue weighted by Crippen LogP contribution is -2.46. The highest BCUT2D eigenvalue weighted by Crippen LogP contribution is 2.33. The van der Waals surface area contributed by atoms with E-state index in [1.54, 1.807) is 44.3 Å². The van der Waals surface area contributed by atoms with Crippen molar-refractivity contribution in [1.82, 2.24) is 9.97 Å². The number of aryl methyl sites for hydroxylation is 2. The summed E-state index contributed by atoms with van der Waals surface area (Å²) in [7, 11) is 3.30. The number of nitrogens with two attached hydrogens (primary N) is 1. The van der Waals surface area contributed by atoms with Gasteiger partial charge in [0.05, 0.1) is 12.2 Å². The second kappa shape index (κ2) is 10.5. The average molecular weight is 499 g/mol. The number of rotatable bonds is 5. The summed E-state index contributed by atoms with van der Waals surface area (Å²) in [5.41, 5.74) is 10.9. The molecular weight excluding hydrogens is 468 g/mol. The van der Waals surface area contributed by atoms with Crippen molar-refractivity contribution in [3.05, 3.63) is 82.7 Å². The van der Waals surface area contributed by atoms with Crippen LogP contribution in [0.25, 0.3) is 0 Å². The Hall–Kier alpha value is -4.73. The summed E-state index contributed by atoms with van der Waals surface area (Å²) in [6.45, 7) is 5.90. The zero-order chi connectivity index (χ0) is 26.7. The van der Waals surface area contributed by atoms with E-state index in [0.717, 1.165) is 16.7 Å². The van der Waals surface area contributed by atoms with Crippen molar-refractivity contribution in [2.75, 3.05) is 34.5 Å². The van der Waals surface area contributed by atoms with Crippen molar-refractivity contribution in [3.63, 3.8) is 0 Å². The molecule has 0 bridgehead atoms. The number of aliphatic imine (C=N–C) groups is 1. The van der Waals surface area contributed by atoms with Crippen molar-refractivity contribution in [3.8, 4) is 0 Å². The van der Waals surface area contributed by atoms with Gasteiger partial charge in [0.15, 0.2) is 0 Å². The van der Waals surface area contributed by atoms with Gasteiger partial charge in [-0.3, -0.25) is 19.6 Å². The first kappa shape index (κ1) is 25.4. The molecule has 1 aliphatic rings. The van der Waals surface area contributed by atoms with Gasteiger partial charge in [-0.05, 0) is 56.7 Å². The van der Waals surface area contributed by atoms with Crippen LogP contribution in [0, 0.1) is 13.8 Å². The van der Waals surface area contributed by atoms with E-state index in [1.165, 1.54) is 4.90 Å². The number of benzene rings is 2. The highest BCUT2D eigenvalue weighted by atomic mass is 16.2. The van der Waals surface area contributed by atoms with Crippen LogP contribution in [-0.2, 0) is 6.54 Å². The van der Waals surface area contributed by atoms with E-state index < -0.39 is 0 Å². The molecule has 10 nitrogen and oxygen atoms in total. The Morgan fingerprint density at radius 1 is 1.16 bits per heavy atom. The van der Waals surface area contributed by atoms with Gasteiger partial charge in [-0.2, -0.15) is 4.98 Å². The average Bonchev–Trinajstić information content (AvgIpc) is 2.87. The van der Waals surface area contributed by atoms with E-state index in [9.17, 15) is 9.59 Å². The number of hydrogen-bond donors (Lipinski definition) is 3. The number of allylic oxidation sites excluding steroid dienone is 1. The molecule has 0 spiro atoms. The van der Waals surface area contributed by atoms with Crippen LogP contribution >= 0.6 is 0 Å². The van der Waals surface area contributed by atoms with Gasteiger partial charge in [0.25, 0.3) is 5.91 Å². The fourth-order valence-corrected chi connectivity index (χ4v) is 4.01. The highest BCUT2D eigenvalue weighted by molar-refractivity contribution is 6.08. The Morgan fingerprint density at radius 2 is 1.95 bits per heavy atom. The maximum absolute atomic E-state index is 13.4. The fraction of sp³-hybridized carbons (Fsp3) is 0.222. The molecule has 190 valence electrons. The van der Waals surface area contributed by atoms with Gasteiger partial charge in [0, 0.05) is 42.8 Å². The second-order valence-electron chi connectivity index (χ2n) is 8.92. The molecule has 0 radical (unpaired) electrons. The number of amides is 3. The predicted molar refractivity (Wildman–Crippen MR) is 147 cm³/mol. The van der Waals surface area contributed by atoms with Gasteiger partial charge < -0.3 is 16.4 Å². The standard InChI is InChI=1S/C27H30N8O2/c1-16-7-6-8-19(11-16)25(36)31-21-10-9-17(2)22(13-21)35-15-20-14-30-26(32-23(29-4)12-18(3)28)33-24(20)34(5)27(35)37/h6-14H,15,28H2,1-5H3,(H,31,36)(H,29,30,32,33). The number of anilines is 4. The number of fused-ring (bicyclic) bond motifs is 1. The number of nitrogens with zero attached hydrogens (tertiary/aromatic N) is 5. The molecule has 1 aromatic heterocycles. The number of urea groups is 1. The molecular formula is C27H30N8O2. The molecule has 0 fully saturated rings. The fourth-order valence-electron chi connectivity index (χ4n) is 4.01. The number of aromatic nitrogens is 2. The number of carbonyl (C=O) groups is 2. The van der Waals surface area contributed by atoms with Gasteiger partial charge in [-0.25, -0.2) is 9.78 Å². The monoisotopic (exact) mass is 498 g/mol. The lowest BCUT2D eigenvalue weighted by molar-refractivity contribution is 0.102. The third kappa shape index (κ3) is 5.58. The third-order valence-corrected chi connectivity index (χ3v) is 5.89. The Bertz CT molecular complexity index is 1430. The number of nitrogens with one attached hydrogen (secondary N) is 2. The molecule has 0 aliphatic carbocycles. The highest BCUT2D eigenvalue weighted by Gasteiger charge is 2.31. The second-order valence-corrected chi connectivity index (χ2v) is 8.92. The largest absolute Gasteiger partial charge is 0.402 e. The van der Waals surface area contributed by atoms with E-state index in [1.807, 2.05) is 50.2 Å². The molecule has 2 aromatic carbocycles. The van der Waals surface area contributed by atoms with Gasteiger partial charge in [0.1, 0.15) is 11.7 Å². The van der Waals surface area contributed by atoms with E-state index in [0.29, 0.717) is 40.2 Å². The van der Waals surface area contributed by atoms with Crippen molar-refractivity contribution in [2.24, 2.45) is 10.7 Å². The molecule has 0 saturated carbocycles. The van der Waals surface area contributed by atoms with Gasteiger partial charge in [-0.15, -0.1) is 0 Å². The smallest absolute Gasteiger partial charge is 0.330 e. The van der Waals surface area contributed by atoms with E-state index in [4.69, 9.17) is 5.73 Å². The van der Waals surface area contributed by atoms with Crippen LogP contribution in [-0.4, -0.2) is 41.8 Å². The third-order valence-electron chi connectivity index (χ3n) is 5.89. The molecule has 4 N–H and O–H groups in total. The number of amidine groups is 1. The first-order valence-corrected chi connectivity index (χ1v) is 11.7. The van der Waals surface area contributed by atoms with Crippen molar-refractivity contribution < 1.29 is 9.59 Å². The first-order valence-electron chi connectivity index (χ1n) is 11.7. The summed E-state index contributed by atoms with van der Waals surface area (Å²) in [5.74, 6) is 1.10. The molecule has 37 heavy (non-hydrogen) atoms. The summed E-state index contributed by atoms with van der Waals surface area (Å²) in [6, 6.07) is 12.6. The molecule has 4 rings (SSSR count). The van der Waals surface area contributed by atoms with Crippen LogP contribution in [0.1, 0.15) is 34.0 Å². The molecule has 3 amide bonds. The predicted octanol–water partition coefficient (Wildman–Crippen LogP) is 4.22. The lowest BCUT2D eigenvalue weighted by Gasteiger charge is -2.35. The number of carbonyl (C=O) groups excluding carboxylic acids is 2. The summed E-state index contributed by atoms with van der Waals surface area (Å²) in [4.78, 5) is 42.4. The summed E-state index contributed by atoms with van der Waals surface area (Å²) in [6.07, 6.45) is 3.36. The minimum absolute atomic E-state index is 0.214. The van der Waals surface area contributed by atoms with Crippen molar-refractivity contribution in [1.29, 1.82) is 0 Å². The van der Waals surface area contributed by atoms with E-state index in [2.05, 4.69) is 25.6 Å². The Labute approximate surface area is 215 Å². The molecule has 3 aromatic rings. The Balaban J connectivity index is 1.59. The Kier molecular flexibility index (Phi) is 7.19. The van der Waals surface area contributed by atoms with Crippen LogP contribution < -0.4 is 26.2 Å². The molecule has 0 atom stereocenters. The minimum Gasteiger partial charge on any atom is -0.402 e. The molecule has 2 heterocycles. The van der Waals surface area contributed by atoms with Crippen LogP contribution in [0.2, 0.25) is 0 Å². The lowest BCUT2D eigenvalue weighted by atomic mass is 10.1. The summed E-state index contributed by atoms with van der Waals surface area (Å²) in [5, 5.41) is 5.95. The van der Waals surface area contributed by atoms with E-state index >= 15 is 0 Å². The maximum atomic E-state index is 13.4. The quantitative estimate of drug-likeness (QED) is 0.357. The van der Waals surface area contributed by atoms with Gasteiger partial charge >= 0.3 is 6.03 Å². The molecule has 0 unspecified atom stereocenters. The normalized spacial score (nSPS) is 13.9. The minimum atomic E-state index is -0.246. The molecule has 10 heteroatoms. The topological polar surface area (TPSA) is 129 Å². The maximum Gasteiger partial charge on any atom is 0.330 e. The zero-order valence-electron chi connectivity index (χ0n) is 21.5. The number of hydrogen-bond acceptors (Lipinski definition) is 6. The van der Waals surface area contributed by atoms with Gasteiger partial charge in [0.2, 0.25) is 5.95 Å². The SMILES string of the molecule is CN=C(C=C(C)N)Nc1ncc2c(n1)N(C)C(=O)N(c1cc(NC(=O)c3cccc(C)c3)ccc1C)C2. The summed E-state index contributed by atoms with van der Waals surface area (Å²) < 4.78 is 0. The van der Waals surface area contributed by atoms with Crippen LogP contribution in [0.4, 0.5) is 27.9 Å². The van der Waals surface area contributed by atoms with Crippen LogP contribution in [0.5, 0.6) is 0 Å².